The van der Waals surface area contributed by atoms with E-state index >= 15 is 0 Å². The summed E-state index contributed by atoms with van der Waals surface area (Å²) in [6, 6.07) is 0. The molecule has 0 saturated heterocycles. The Morgan fingerprint density at radius 2 is 1.14 bits per heavy atom. The standard InChI is InChI=1S/Al.H3N.HO4Si/c;;1-5(2,3)4/h;1H3;1H/q+3;;-3. The van der Waals surface area contributed by atoms with Crippen molar-refractivity contribution in [3.05, 3.63) is 0 Å². The SMILES string of the molecule is N.[Al+3].[O-][Si]([O-])([O-])O. The molecule has 0 aromatic carbocycles. The van der Waals surface area contributed by atoms with Crippen molar-refractivity contribution in [3.8, 4) is 0 Å². The number of hydrogen-bond donors (Lipinski definition) is 2. The molecule has 0 amide bonds. The van der Waals surface area contributed by atoms with E-state index in [4.69, 9.17) is 19.2 Å². The van der Waals surface area contributed by atoms with Crippen LogP contribution in [0.25, 0.3) is 0 Å². The molecule has 0 aromatic heterocycles. The third-order valence-corrected chi connectivity index (χ3v) is 0. The second-order valence-electron chi connectivity index (χ2n) is 0.524. The smallest absolute Gasteiger partial charge is 0.861 e. The van der Waals surface area contributed by atoms with Gasteiger partial charge in [0.05, 0.1) is 0 Å². The molecule has 0 unspecified atom stereocenters. The van der Waals surface area contributed by atoms with Crippen LogP contribution in [0.15, 0.2) is 0 Å². The molecule has 0 atom stereocenters. The van der Waals surface area contributed by atoms with Crippen molar-refractivity contribution in [2.75, 3.05) is 0 Å². The van der Waals surface area contributed by atoms with Crippen molar-refractivity contribution in [1.29, 1.82) is 0 Å². The van der Waals surface area contributed by atoms with Gasteiger partial charge in [0.25, 0.3) is 0 Å². The topological polar surface area (TPSA) is 124 Å². The molecule has 7 heteroatoms. The summed E-state index contributed by atoms with van der Waals surface area (Å²) in [5.41, 5.74) is 0. The monoisotopic (exact) mass is 137 g/mol. The van der Waals surface area contributed by atoms with Gasteiger partial charge in [0.1, 0.15) is 0 Å². The molecule has 0 aliphatic heterocycles. The van der Waals surface area contributed by atoms with E-state index in [-0.39, 0.29) is 23.5 Å². The van der Waals surface area contributed by atoms with E-state index in [1.807, 2.05) is 0 Å². The maximum absolute atomic E-state index is 8.69. The van der Waals surface area contributed by atoms with Crippen LogP contribution in [0.3, 0.4) is 0 Å². The molecule has 0 aliphatic carbocycles. The normalized spacial score (nSPS) is 8.57. The Hall–Kier alpha value is 0.549. The van der Waals surface area contributed by atoms with Crippen LogP contribution in [-0.2, 0) is 0 Å². The van der Waals surface area contributed by atoms with Crippen molar-refractivity contribution in [2.24, 2.45) is 0 Å². The maximum Gasteiger partial charge on any atom is 3.00 e. The maximum atomic E-state index is 8.69. The van der Waals surface area contributed by atoms with Crippen molar-refractivity contribution >= 4 is 26.4 Å². The van der Waals surface area contributed by atoms with Gasteiger partial charge in [-0.25, -0.2) is 0 Å². The Kier molecular flexibility index (Phi) is 10.5. The van der Waals surface area contributed by atoms with Gasteiger partial charge in [-0.05, 0) is 0 Å². The molecule has 0 fully saturated rings. The first-order chi connectivity index (χ1) is 2.00. The third kappa shape index (κ3) is 449. The summed E-state index contributed by atoms with van der Waals surface area (Å²) in [7, 11) is -5.36. The molecular weight excluding hydrogens is 133 g/mol. The minimum Gasteiger partial charge on any atom is -0.861 e. The van der Waals surface area contributed by atoms with E-state index in [0.29, 0.717) is 0 Å². The molecule has 0 radical (unpaired) electrons. The Balaban J connectivity index is -0.0000000800. The van der Waals surface area contributed by atoms with Gasteiger partial charge < -0.3 is 25.3 Å². The molecule has 0 heterocycles. The summed E-state index contributed by atoms with van der Waals surface area (Å²) >= 11 is 0. The quantitative estimate of drug-likeness (QED) is 0.324. The van der Waals surface area contributed by atoms with Crippen LogP contribution in [0.5, 0.6) is 0 Å². The molecule has 0 rings (SSSR count). The van der Waals surface area contributed by atoms with Crippen LogP contribution in [0.4, 0.5) is 0 Å². The van der Waals surface area contributed by atoms with E-state index in [9.17, 15) is 0 Å². The fourth-order valence-corrected chi connectivity index (χ4v) is 0. The van der Waals surface area contributed by atoms with E-state index in [0.717, 1.165) is 0 Å². The van der Waals surface area contributed by atoms with Gasteiger partial charge >= 0.3 is 17.4 Å². The summed E-state index contributed by atoms with van der Waals surface area (Å²) in [4.78, 5) is 33.1. The Bertz CT molecular complexity index is 27.2. The molecule has 4 N–H and O–H groups in total. The molecule has 0 spiro atoms. The number of hydrogen-bond acceptors (Lipinski definition) is 5. The predicted octanol–water partition coefficient (Wildman–Crippen LogP) is -4.72. The first-order valence-electron chi connectivity index (χ1n) is 0.836. The van der Waals surface area contributed by atoms with E-state index in [1.54, 1.807) is 0 Å². The first kappa shape index (κ1) is 15.6. The first-order valence-corrected chi connectivity index (χ1v) is 2.51. The van der Waals surface area contributed by atoms with Gasteiger partial charge in [0.15, 0.2) is 0 Å². The Morgan fingerprint density at radius 3 is 1.14 bits per heavy atom. The minimum absolute atomic E-state index is 0. The van der Waals surface area contributed by atoms with Crippen molar-refractivity contribution in [1.82, 2.24) is 6.15 Å². The van der Waals surface area contributed by atoms with Gasteiger partial charge in [-0.1, -0.05) is 0 Å². The third-order valence-electron chi connectivity index (χ3n) is 0. The fraction of sp³-hybridized carbons (Fsp3) is 0. The average molecular weight is 137 g/mol. The largest absolute Gasteiger partial charge is 3.00 e. The van der Waals surface area contributed by atoms with E-state index in [1.165, 1.54) is 0 Å². The van der Waals surface area contributed by atoms with E-state index < -0.39 is 9.05 Å². The molecular formula is H4AlNO4Si. The van der Waals surface area contributed by atoms with Crippen LogP contribution in [0.1, 0.15) is 0 Å². The van der Waals surface area contributed by atoms with Crippen molar-refractivity contribution in [2.45, 2.75) is 0 Å². The zero-order valence-electron chi connectivity index (χ0n) is 3.46. The van der Waals surface area contributed by atoms with Crippen LogP contribution < -0.4 is 20.5 Å². The second kappa shape index (κ2) is 4.70. The van der Waals surface area contributed by atoms with Gasteiger partial charge in [-0.15, -0.1) is 9.05 Å². The molecule has 7 heavy (non-hydrogen) atoms. The van der Waals surface area contributed by atoms with Crippen LogP contribution in [0, 0.1) is 0 Å². The van der Waals surface area contributed by atoms with E-state index in [2.05, 4.69) is 0 Å². The molecule has 0 bridgehead atoms. The molecule has 5 nitrogen and oxygen atoms in total. The number of rotatable bonds is 0. The molecule has 0 aliphatic rings. The summed E-state index contributed by atoms with van der Waals surface area (Å²) in [5.74, 6) is 0. The Labute approximate surface area is 52.4 Å². The average Bonchev–Trinajstić information content (AvgIpc) is 0.722. The summed E-state index contributed by atoms with van der Waals surface area (Å²) in [5, 5.41) is 0. The van der Waals surface area contributed by atoms with Gasteiger partial charge in [0, 0.05) is 0 Å². The molecule has 40 valence electrons. The molecule has 0 aromatic rings. The van der Waals surface area contributed by atoms with Crippen LogP contribution in [0.2, 0.25) is 0 Å². The summed E-state index contributed by atoms with van der Waals surface area (Å²) < 4.78 is 0. The predicted molar refractivity (Wildman–Crippen MR) is 18.7 cm³/mol. The fourth-order valence-electron chi connectivity index (χ4n) is 0. The van der Waals surface area contributed by atoms with Crippen LogP contribution >= 0.6 is 0 Å². The van der Waals surface area contributed by atoms with Gasteiger partial charge in [-0.2, -0.15) is 0 Å². The summed E-state index contributed by atoms with van der Waals surface area (Å²) in [6.07, 6.45) is 0. The minimum atomic E-state index is -5.36. The van der Waals surface area contributed by atoms with Crippen molar-refractivity contribution < 1.29 is 19.2 Å². The second-order valence-corrected chi connectivity index (χ2v) is 1.57. The zero-order chi connectivity index (χ0) is 4.50. The van der Waals surface area contributed by atoms with Gasteiger partial charge in [0.2, 0.25) is 0 Å². The molecule has 0 saturated carbocycles. The Morgan fingerprint density at radius 1 is 1.14 bits per heavy atom. The van der Waals surface area contributed by atoms with Crippen LogP contribution in [-0.4, -0.2) is 31.2 Å². The van der Waals surface area contributed by atoms with Gasteiger partial charge in [-0.3, -0.25) is 0 Å². The zero-order valence-corrected chi connectivity index (χ0v) is 5.61. The van der Waals surface area contributed by atoms with Crippen molar-refractivity contribution in [3.63, 3.8) is 0 Å². The summed E-state index contributed by atoms with van der Waals surface area (Å²) in [6.45, 7) is 0.